The van der Waals surface area contributed by atoms with Crippen LogP contribution in [0, 0.1) is 0 Å². The second-order valence-corrected chi connectivity index (χ2v) is 6.51. The highest BCUT2D eigenvalue weighted by atomic mass is 79.9. The minimum Gasteiger partial charge on any atom is -0.385 e. The maximum absolute atomic E-state index is 10.5. The summed E-state index contributed by atoms with van der Waals surface area (Å²) in [6.45, 7) is 1.79. The first-order valence-corrected chi connectivity index (χ1v) is 7.24. The Balaban J connectivity index is 2.30. The Kier molecular flexibility index (Phi) is 3.93. The molecular weight excluding hydrogens is 320 g/mol. The maximum atomic E-state index is 10.5. The number of thiophene rings is 1. The summed E-state index contributed by atoms with van der Waals surface area (Å²) >= 11 is 11.2. The van der Waals surface area contributed by atoms with Crippen molar-refractivity contribution in [3.8, 4) is 0 Å². The topological polar surface area (TPSA) is 20.2 Å². The van der Waals surface area contributed by atoms with E-state index >= 15 is 0 Å². The molecule has 0 saturated carbocycles. The van der Waals surface area contributed by atoms with Crippen molar-refractivity contribution in [1.82, 2.24) is 0 Å². The van der Waals surface area contributed by atoms with E-state index in [-0.39, 0.29) is 0 Å². The fourth-order valence-electron chi connectivity index (χ4n) is 1.77. The smallest absolute Gasteiger partial charge is 0.0930 e. The molecule has 90 valence electrons. The Bertz CT molecular complexity index is 508. The number of halogens is 2. The molecule has 2 aromatic rings. The van der Waals surface area contributed by atoms with Crippen molar-refractivity contribution in [3.05, 3.63) is 55.6 Å². The molecule has 1 aromatic carbocycles. The minimum atomic E-state index is -0.942. The molecule has 0 aliphatic rings. The van der Waals surface area contributed by atoms with E-state index in [1.807, 2.05) is 29.6 Å². The summed E-state index contributed by atoms with van der Waals surface area (Å²) < 4.78 is 0.915. The van der Waals surface area contributed by atoms with Crippen LogP contribution in [0.3, 0.4) is 0 Å². The van der Waals surface area contributed by atoms with Gasteiger partial charge in [0.25, 0.3) is 0 Å². The molecule has 1 nitrogen and oxygen atoms in total. The van der Waals surface area contributed by atoms with Gasteiger partial charge in [0.2, 0.25) is 0 Å². The molecule has 1 heterocycles. The van der Waals surface area contributed by atoms with Gasteiger partial charge in [0.15, 0.2) is 0 Å². The van der Waals surface area contributed by atoms with E-state index in [0.717, 1.165) is 14.9 Å². The molecule has 0 fully saturated rings. The summed E-state index contributed by atoms with van der Waals surface area (Å²) in [6, 6.07) is 9.56. The molecule has 4 heteroatoms. The number of hydrogen-bond donors (Lipinski definition) is 1. The Morgan fingerprint density at radius 2 is 2.18 bits per heavy atom. The molecule has 0 spiro atoms. The highest BCUT2D eigenvalue weighted by Gasteiger charge is 2.26. The first kappa shape index (κ1) is 13.1. The van der Waals surface area contributed by atoms with Crippen LogP contribution in [-0.2, 0) is 12.0 Å². The number of rotatable bonds is 3. The molecular formula is C13H12BrClOS. The lowest BCUT2D eigenvalue weighted by Gasteiger charge is -2.24. The van der Waals surface area contributed by atoms with E-state index in [1.165, 1.54) is 0 Å². The first-order chi connectivity index (χ1) is 7.99. The van der Waals surface area contributed by atoms with Crippen molar-refractivity contribution in [2.24, 2.45) is 0 Å². The van der Waals surface area contributed by atoms with Crippen LogP contribution in [0.5, 0.6) is 0 Å². The molecule has 1 N–H and O–H groups in total. The van der Waals surface area contributed by atoms with Crippen LogP contribution in [-0.4, -0.2) is 5.11 Å². The van der Waals surface area contributed by atoms with Gasteiger partial charge in [0.05, 0.1) is 5.60 Å². The summed E-state index contributed by atoms with van der Waals surface area (Å²) in [6.07, 6.45) is 0.575. The van der Waals surface area contributed by atoms with Crippen LogP contribution in [0.25, 0.3) is 0 Å². The summed E-state index contributed by atoms with van der Waals surface area (Å²) in [7, 11) is 0. The zero-order valence-electron chi connectivity index (χ0n) is 9.28. The van der Waals surface area contributed by atoms with Gasteiger partial charge in [-0.05, 0) is 30.5 Å². The van der Waals surface area contributed by atoms with E-state index in [9.17, 15) is 5.11 Å². The highest BCUT2D eigenvalue weighted by molar-refractivity contribution is 9.10. The van der Waals surface area contributed by atoms with Crippen molar-refractivity contribution >= 4 is 38.9 Å². The van der Waals surface area contributed by atoms with E-state index in [1.54, 1.807) is 24.3 Å². The lowest BCUT2D eigenvalue weighted by molar-refractivity contribution is 0.0586. The Morgan fingerprint density at radius 1 is 1.41 bits per heavy atom. The maximum Gasteiger partial charge on any atom is 0.0930 e. The van der Waals surface area contributed by atoms with Crippen molar-refractivity contribution in [3.63, 3.8) is 0 Å². The number of benzene rings is 1. The predicted octanol–water partition coefficient (Wildman–Crippen LogP) is 4.61. The summed E-state index contributed by atoms with van der Waals surface area (Å²) in [5.41, 5.74) is -0.182. The van der Waals surface area contributed by atoms with Gasteiger partial charge < -0.3 is 5.11 Å². The van der Waals surface area contributed by atoms with Crippen LogP contribution in [0.15, 0.2) is 40.2 Å². The SMILES string of the molecule is CC(O)(Cc1cccs1)c1ccc(Br)cc1Cl. The monoisotopic (exact) mass is 330 g/mol. The molecule has 0 amide bonds. The van der Waals surface area contributed by atoms with Crippen LogP contribution >= 0.6 is 38.9 Å². The fraction of sp³-hybridized carbons (Fsp3) is 0.231. The van der Waals surface area contributed by atoms with Gasteiger partial charge in [-0.1, -0.05) is 39.7 Å². The molecule has 0 aliphatic carbocycles. The molecule has 1 atom stereocenters. The lowest BCUT2D eigenvalue weighted by Crippen LogP contribution is -2.24. The van der Waals surface area contributed by atoms with E-state index < -0.39 is 5.60 Å². The zero-order chi connectivity index (χ0) is 12.5. The quantitative estimate of drug-likeness (QED) is 0.870. The Labute approximate surface area is 118 Å². The molecule has 1 unspecified atom stereocenters. The van der Waals surface area contributed by atoms with Gasteiger partial charge >= 0.3 is 0 Å². The normalized spacial score (nSPS) is 14.6. The van der Waals surface area contributed by atoms with Gasteiger partial charge in [0.1, 0.15) is 0 Å². The summed E-state index contributed by atoms with van der Waals surface area (Å²) in [5, 5.41) is 13.1. The summed E-state index contributed by atoms with van der Waals surface area (Å²) in [5.74, 6) is 0. The second-order valence-electron chi connectivity index (χ2n) is 4.15. The number of hydrogen-bond acceptors (Lipinski definition) is 2. The average molecular weight is 332 g/mol. The molecule has 17 heavy (non-hydrogen) atoms. The highest BCUT2D eigenvalue weighted by Crippen LogP contribution is 2.33. The predicted molar refractivity (Wildman–Crippen MR) is 76.7 cm³/mol. The minimum absolute atomic E-state index is 0.575. The van der Waals surface area contributed by atoms with Gasteiger partial charge in [0, 0.05) is 26.4 Å². The fourth-order valence-corrected chi connectivity index (χ4v) is 3.50. The van der Waals surface area contributed by atoms with Crippen molar-refractivity contribution in [2.45, 2.75) is 18.9 Å². The third-order valence-electron chi connectivity index (χ3n) is 2.61. The largest absolute Gasteiger partial charge is 0.385 e. The molecule has 2 rings (SSSR count). The molecule has 0 radical (unpaired) electrons. The van der Waals surface area contributed by atoms with Crippen LogP contribution in [0.2, 0.25) is 5.02 Å². The molecule has 0 aliphatic heterocycles. The van der Waals surface area contributed by atoms with Crippen molar-refractivity contribution in [2.75, 3.05) is 0 Å². The van der Waals surface area contributed by atoms with Crippen LogP contribution in [0.4, 0.5) is 0 Å². The summed E-state index contributed by atoms with van der Waals surface area (Å²) in [4.78, 5) is 1.15. The van der Waals surface area contributed by atoms with Gasteiger partial charge in [-0.3, -0.25) is 0 Å². The first-order valence-electron chi connectivity index (χ1n) is 5.19. The van der Waals surface area contributed by atoms with Gasteiger partial charge in [-0.2, -0.15) is 0 Å². The average Bonchev–Trinajstić information content (AvgIpc) is 2.68. The molecule has 0 saturated heterocycles. The molecule has 1 aromatic heterocycles. The lowest BCUT2D eigenvalue weighted by atomic mass is 9.92. The van der Waals surface area contributed by atoms with E-state index in [4.69, 9.17) is 11.6 Å². The van der Waals surface area contributed by atoms with Gasteiger partial charge in [-0.15, -0.1) is 11.3 Å². The third kappa shape index (κ3) is 3.10. The van der Waals surface area contributed by atoms with E-state index in [0.29, 0.717) is 11.4 Å². The molecule has 0 bridgehead atoms. The van der Waals surface area contributed by atoms with Crippen molar-refractivity contribution in [1.29, 1.82) is 0 Å². The standard InChI is InChI=1S/C13H12BrClOS/c1-13(16,8-10-3-2-6-17-10)11-5-4-9(14)7-12(11)15/h2-7,16H,8H2,1H3. The Morgan fingerprint density at radius 3 is 2.76 bits per heavy atom. The van der Waals surface area contributed by atoms with Gasteiger partial charge in [-0.25, -0.2) is 0 Å². The second kappa shape index (κ2) is 5.11. The third-order valence-corrected chi connectivity index (χ3v) is 4.29. The Hall–Kier alpha value is -0.350. The van der Waals surface area contributed by atoms with Crippen LogP contribution in [0.1, 0.15) is 17.4 Å². The van der Waals surface area contributed by atoms with Crippen molar-refractivity contribution < 1.29 is 5.11 Å². The van der Waals surface area contributed by atoms with Crippen LogP contribution < -0.4 is 0 Å². The van der Waals surface area contributed by atoms with E-state index in [2.05, 4.69) is 15.9 Å². The number of aliphatic hydroxyl groups is 1. The zero-order valence-corrected chi connectivity index (χ0v) is 12.4.